The second-order valence-corrected chi connectivity index (χ2v) is 24.1. The highest BCUT2D eigenvalue weighted by Gasteiger charge is 2.23. The molecule has 0 aliphatic heterocycles. The lowest BCUT2D eigenvalue weighted by molar-refractivity contribution is 0.356. The van der Waals surface area contributed by atoms with Gasteiger partial charge in [-0.25, -0.2) is 48.7 Å². The zero-order chi connectivity index (χ0) is 60.7. The first kappa shape index (κ1) is 63.5. The minimum absolute atomic E-state index is 0.0428. The quantitative estimate of drug-likeness (QED) is 0.136. The zero-order valence-corrected chi connectivity index (χ0v) is 49.4. The van der Waals surface area contributed by atoms with Gasteiger partial charge in [-0.15, -0.1) is 10.2 Å². The van der Waals surface area contributed by atoms with Gasteiger partial charge in [0.1, 0.15) is 18.5 Å². The monoisotopic (exact) mass is 1110 g/mol. The Bertz CT molecular complexity index is 3920. The van der Waals surface area contributed by atoms with Gasteiger partial charge in [0.2, 0.25) is 5.95 Å². The maximum Gasteiger partial charge on any atom is 0.349 e. The Morgan fingerprint density at radius 2 is 1.07 bits per heavy atom. The van der Waals surface area contributed by atoms with Crippen LogP contribution in [0.5, 0.6) is 0 Å². The van der Waals surface area contributed by atoms with Crippen molar-refractivity contribution in [2.45, 2.75) is 165 Å². The maximum atomic E-state index is 11.3. The molecule has 0 spiro atoms. The van der Waals surface area contributed by atoms with Gasteiger partial charge in [-0.05, 0) is 122 Å². The molecule has 29 heteroatoms. The molecule has 0 aromatic carbocycles. The number of fused-ring (bicyclic) bond motifs is 3. The molecule has 0 aliphatic carbocycles. The summed E-state index contributed by atoms with van der Waals surface area (Å²) in [5.41, 5.74) is 12.4. The molecular formula is C51H77N23O6. The van der Waals surface area contributed by atoms with E-state index in [0.717, 1.165) is 11.2 Å². The summed E-state index contributed by atoms with van der Waals surface area (Å²) < 4.78 is 9.64. The largest absolute Gasteiger partial charge is 0.383 e. The minimum atomic E-state index is -0.366. The van der Waals surface area contributed by atoms with Gasteiger partial charge in [-0.2, -0.15) is 14.6 Å². The predicted octanol–water partition coefficient (Wildman–Crippen LogP) is 3.76. The van der Waals surface area contributed by atoms with Crippen molar-refractivity contribution in [2.75, 3.05) is 23.8 Å². The third-order valence-corrected chi connectivity index (χ3v) is 11.1. The van der Waals surface area contributed by atoms with Gasteiger partial charge < -0.3 is 21.8 Å². The van der Waals surface area contributed by atoms with E-state index >= 15 is 0 Å². The lowest BCUT2D eigenvalue weighted by Crippen LogP contribution is -2.39. The Balaban J connectivity index is 0.000000207. The molecule has 0 fully saturated rings. The number of hydrogen-bond donors (Lipinski definition) is 6. The van der Waals surface area contributed by atoms with Crippen LogP contribution in [0.4, 0.5) is 17.6 Å². The molecule has 0 saturated carbocycles. The third-order valence-electron chi connectivity index (χ3n) is 11.1. The minimum Gasteiger partial charge on any atom is -0.383 e. The number of nitrogens with one attached hydrogen (secondary N) is 4. The van der Waals surface area contributed by atoms with Gasteiger partial charge >= 0.3 is 17.1 Å². The number of H-pyrrole nitrogens is 3. The van der Waals surface area contributed by atoms with Crippen molar-refractivity contribution >= 4 is 45.6 Å². The van der Waals surface area contributed by atoms with Gasteiger partial charge in [0, 0.05) is 59.4 Å². The molecule has 9 aromatic rings. The van der Waals surface area contributed by atoms with Crippen LogP contribution < -0.4 is 50.5 Å². The summed E-state index contributed by atoms with van der Waals surface area (Å²) in [6.45, 7) is 37.3. The molecule has 9 heterocycles. The number of aryl methyl sites for hydroxylation is 1. The van der Waals surface area contributed by atoms with Gasteiger partial charge in [0.15, 0.2) is 33.8 Å². The molecule has 9 rings (SSSR count). The smallest absolute Gasteiger partial charge is 0.349 e. The van der Waals surface area contributed by atoms with Crippen LogP contribution in [0.1, 0.15) is 136 Å². The Morgan fingerprint density at radius 1 is 0.562 bits per heavy atom. The SMILES string of the molecule is CC(C)(C)n1ccc(=O)[nH]c1=O.CC(C)(C)n1ccc(N)nc1=O.CC(C)(C)n1nnc2c(=O)[nH]cnc21.CC(C)(C)n1nnc2c(N)ncnc21.CNc1ncnc2c(C(C)(C)C)cnn12.Cc1cn(C(C)(C)C)c(=O)[nH]c1=O. The summed E-state index contributed by atoms with van der Waals surface area (Å²) >= 11 is 0. The fourth-order valence-electron chi connectivity index (χ4n) is 6.88. The van der Waals surface area contributed by atoms with E-state index in [-0.39, 0.29) is 78.2 Å². The van der Waals surface area contributed by atoms with Crippen LogP contribution in [0, 0.1) is 6.92 Å². The van der Waals surface area contributed by atoms with E-state index in [0.29, 0.717) is 34.1 Å². The third kappa shape index (κ3) is 16.3. The van der Waals surface area contributed by atoms with E-state index in [1.807, 2.05) is 117 Å². The number of nitrogens with zero attached hydrogens (tertiary/aromatic N) is 17. The van der Waals surface area contributed by atoms with Crippen molar-refractivity contribution in [3.63, 3.8) is 0 Å². The molecule has 0 aliphatic rings. The topological polar surface area (TPSA) is 385 Å². The first-order valence-electron chi connectivity index (χ1n) is 25.2. The number of nitrogen functional groups attached to an aromatic ring is 2. The second-order valence-electron chi connectivity index (χ2n) is 24.1. The van der Waals surface area contributed by atoms with Crippen LogP contribution in [0.2, 0.25) is 0 Å². The zero-order valence-electron chi connectivity index (χ0n) is 49.4. The molecular weight excluding hydrogens is 1030 g/mol. The highest BCUT2D eigenvalue weighted by Crippen LogP contribution is 2.26. The maximum absolute atomic E-state index is 11.3. The number of hydrogen-bond acceptors (Lipinski definition) is 20. The van der Waals surface area contributed by atoms with E-state index in [1.54, 1.807) is 50.2 Å². The number of anilines is 3. The van der Waals surface area contributed by atoms with E-state index in [2.05, 4.69) is 96.7 Å². The average molecular weight is 1110 g/mol. The van der Waals surface area contributed by atoms with E-state index in [1.165, 1.54) is 34.1 Å². The number of rotatable bonds is 1. The van der Waals surface area contributed by atoms with Crippen LogP contribution >= 0.6 is 0 Å². The fourth-order valence-corrected chi connectivity index (χ4v) is 6.88. The van der Waals surface area contributed by atoms with Crippen LogP contribution in [0.15, 0.2) is 84.7 Å². The molecule has 432 valence electrons. The lowest BCUT2D eigenvalue weighted by Gasteiger charge is -2.21. The molecule has 8 N–H and O–H groups in total. The van der Waals surface area contributed by atoms with E-state index in [9.17, 15) is 28.8 Å². The summed E-state index contributed by atoms with van der Waals surface area (Å²) in [7, 11) is 1.82. The Hall–Kier alpha value is -9.05. The molecule has 0 atom stereocenters. The van der Waals surface area contributed by atoms with Crippen molar-refractivity contribution in [2.24, 2.45) is 0 Å². The molecule has 29 nitrogen and oxygen atoms in total. The van der Waals surface area contributed by atoms with E-state index < -0.39 is 0 Å². The molecule has 0 bridgehead atoms. The van der Waals surface area contributed by atoms with Crippen LogP contribution in [0.3, 0.4) is 0 Å². The van der Waals surface area contributed by atoms with Crippen LogP contribution in [-0.2, 0) is 33.1 Å². The molecule has 9 aromatic heterocycles. The molecule has 0 amide bonds. The summed E-state index contributed by atoms with van der Waals surface area (Å²) in [5.74, 6) is 1.33. The highest BCUT2D eigenvalue weighted by atomic mass is 16.2. The van der Waals surface area contributed by atoms with Crippen molar-refractivity contribution in [1.29, 1.82) is 0 Å². The van der Waals surface area contributed by atoms with Crippen LogP contribution in [0.25, 0.3) is 28.0 Å². The summed E-state index contributed by atoms with van der Waals surface area (Å²) in [5, 5.41) is 22.9. The van der Waals surface area contributed by atoms with Gasteiger partial charge in [0.05, 0.1) is 23.6 Å². The standard InChI is InChI=1S/C10H15N5.C9H14N2O2.C8H12N6.C8H11N5O.C8H13N3O.C8H12N2O2/c1-10(2,3)7-5-14-15-8(7)12-6-13-9(15)11-4;1-6-5-11(9(2,3)4)8(13)10-7(6)12;1-8(2,3)14-7-5(12-13-14)6(9)10-4-11-7;1-8(2,3)13-6-5(11-12-13)7(14)10-4-9-6;1-8(2,3)11-5-4-6(9)10-7(11)12;1-8(2,3)10-5-4-6(11)9-7(10)12/h5-6H,1-4H3,(H,11,12,13);5H,1-4H3,(H,10,12,13);4H,1-3H3,(H2,9,10,11);4H,1-3H3,(H,9,10,14);4-5H,1-3H3,(H2,9,10,12);4-5H,1-3H3,(H,9,11,12). The van der Waals surface area contributed by atoms with Crippen LogP contribution in [-0.4, -0.2) is 105 Å². The number of aromatic amines is 3. The summed E-state index contributed by atoms with van der Waals surface area (Å²) in [4.78, 5) is 97.8. The number of nitrogens with two attached hydrogens (primary N) is 2. The average Bonchev–Trinajstić information content (AvgIpc) is 4.09. The predicted molar refractivity (Wildman–Crippen MR) is 308 cm³/mol. The second kappa shape index (κ2) is 24.3. The van der Waals surface area contributed by atoms with Crippen molar-refractivity contribution < 1.29 is 0 Å². The number of aromatic nitrogens is 20. The molecule has 0 radical (unpaired) electrons. The molecule has 80 heavy (non-hydrogen) atoms. The molecule has 0 saturated heterocycles. The van der Waals surface area contributed by atoms with Crippen molar-refractivity contribution in [1.82, 2.24) is 98.2 Å². The highest BCUT2D eigenvalue weighted by molar-refractivity contribution is 5.80. The Morgan fingerprint density at radius 3 is 1.59 bits per heavy atom. The van der Waals surface area contributed by atoms with E-state index in [4.69, 9.17) is 11.5 Å². The molecule has 0 unspecified atom stereocenters. The first-order valence-corrected chi connectivity index (χ1v) is 25.2. The fraction of sp³-hybridized carbons (Fsp3) is 0.510. The Labute approximate surface area is 460 Å². The van der Waals surface area contributed by atoms with Gasteiger partial charge in [-0.1, -0.05) is 31.2 Å². The Kier molecular flexibility index (Phi) is 19.3. The van der Waals surface area contributed by atoms with Gasteiger partial charge in [0.25, 0.3) is 16.7 Å². The first-order chi connectivity index (χ1) is 36.7. The van der Waals surface area contributed by atoms with Gasteiger partial charge in [-0.3, -0.25) is 38.1 Å². The summed E-state index contributed by atoms with van der Waals surface area (Å²) in [6, 6.07) is 2.96. The normalized spacial score (nSPS) is 11.9. The van der Waals surface area contributed by atoms with Crippen molar-refractivity contribution in [3.8, 4) is 0 Å². The lowest BCUT2D eigenvalue weighted by atomic mass is 9.89. The summed E-state index contributed by atoms with van der Waals surface area (Å²) in [6.07, 6.45) is 10.9. The van der Waals surface area contributed by atoms with Crippen molar-refractivity contribution in [3.05, 3.63) is 130 Å².